The van der Waals surface area contributed by atoms with Crippen molar-refractivity contribution >= 4 is 0 Å². The molecular formula is C16H33NO5. The lowest BCUT2D eigenvalue weighted by molar-refractivity contribution is -0.117. The van der Waals surface area contributed by atoms with E-state index < -0.39 is 31.0 Å². The van der Waals surface area contributed by atoms with Gasteiger partial charge in [-0.25, -0.2) is 0 Å². The zero-order chi connectivity index (χ0) is 17.1. The fraction of sp³-hybridized carbons (Fsp3) is 0.875. The van der Waals surface area contributed by atoms with Crippen molar-refractivity contribution in [1.29, 1.82) is 0 Å². The van der Waals surface area contributed by atoms with Crippen LogP contribution in [0.4, 0.5) is 0 Å². The first-order valence-corrected chi connectivity index (χ1v) is 8.07. The van der Waals surface area contributed by atoms with Gasteiger partial charge in [-0.1, -0.05) is 39.2 Å². The van der Waals surface area contributed by atoms with Crippen LogP contribution in [0.1, 0.15) is 45.4 Å². The summed E-state index contributed by atoms with van der Waals surface area (Å²) in [6.07, 6.45) is 0.823. The maximum atomic E-state index is 9.91. The summed E-state index contributed by atoms with van der Waals surface area (Å²) in [6.45, 7) is 5.56. The molecule has 132 valence electrons. The average Bonchev–Trinajstić information content (AvgIpc) is 2.51. The van der Waals surface area contributed by atoms with Crippen molar-refractivity contribution in [2.45, 2.75) is 69.9 Å². The summed E-state index contributed by atoms with van der Waals surface area (Å²) in [7, 11) is 1.76. The van der Waals surface area contributed by atoms with Gasteiger partial charge in [0.25, 0.3) is 0 Å². The first-order valence-electron chi connectivity index (χ1n) is 8.07. The minimum atomic E-state index is -1.59. The van der Waals surface area contributed by atoms with E-state index in [0.717, 1.165) is 25.0 Å². The molecule has 0 saturated heterocycles. The van der Waals surface area contributed by atoms with Crippen LogP contribution in [0, 0.1) is 0 Å². The molecule has 0 spiro atoms. The quantitative estimate of drug-likeness (QED) is 0.311. The van der Waals surface area contributed by atoms with Gasteiger partial charge in [0, 0.05) is 19.3 Å². The van der Waals surface area contributed by atoms with Gasteiger partial charge in [0.05, 0.1) is 12.7 Å². The van der Waals surface area contributed by atoms with Gasteiger partial charge in [0.15, 0.2) is 0 Å². The number of aliphatic hydroxyl groups excluding tert-OH is 5. The first-order chi connectivity index (χ1) is 10.3. The zero-order valence-corrected chi connectivity index (χ0v) is 13.9. The van der Waals surface area contributed by atoms with Crippen molar-refractivity contribution < 1.29 is 25.5 Å². The number of aliphatic hydroxyl groups is 5. The molecule has 0 fully saturated rings. The number of allylic oxidation sites excluding steroid dienone is 1. The lowest BCUT2D eigenvalue weighted by Gasteiger charge is -2.30. The number of hydrogen-bond acceptors (Lipinski definition) is 6. The van der Waals surface area contributed by atoms with Crippen molar-refractivity contribution in [2.24, 2.45) is 0 Å². The summed E-state index contributed by atoms with van der Waals surface area (Å²) in [5, 5.41) is 47.3. The molecule has 0 rings (SSSR count). The SMILES string of the molecule is C=C(CCCCCCC)N(C)CC(O)C(O)C(O)C(O)CO. The van der Waals surface area contributed by atoms with E-state index in [1.165, 1.54) is 19.3 Å². The predicted octanol–water partition coefficient (Wildman–Crippen LogP) is 0.228. The minimum absolute atomic E-state index is 0.101. The molecule has 0 amide bonds. The molecule has 0 aromatic rings. The van der Waals surface area contributed by atoms with Gasteiger partial charge in [0.1, 0.15) is 18.3 Å². The molecule has 4 atom stereocenters. The third kappa shape index (κ3) is 8.10. The Balaban J connectivity index is 4.11. The van der Waals surface area contributed by atoms with Gasteiger partial charge in [-0.05, 0) is 12.8 Å². The average molecular weight is 319 g/mol. The molecule has 0 aromatic heterocycles. The Kier molecular flexibility index (Phi) is 11.5. The highest BCUT2D eigenvalue weighted by Crippen LogP contribution is 2.14. The molecule has 5 N–H and O–H groups in total. The van der Waals surface area contributed by atoms with E-state index in [-0.39, 0.29) is 6.54 Å². The molecule has 6 nitrogen and oxygen atoms in total. The molecular weight excluding hydrogens is 286 g/mol. The van der Waals surface area contributed by atoms with Crippen LogP contribution in [0.15, 0.2) is 12.3 Å². The minimum Gasteiger partial charge on any atom is -0.394 e. The molecule has 0 aliphatic carbocycles. The van der Waals surface area contributed by atoms with E-state index in [9.17, 15) is 20.4 Å². The molecule has 0 aromatic carbocycles. The van der Waals surface area contributed by atoms with Crippen molar-refractivity contribution in [3.05, 3.63) is 12.3 Å². The summed E-state index contributed by atoms with van der Waals surface area (Å²) >= 11 is 0. The van der Waals surface area contributed by atoms with Crippen LogP contribution in [0.2, 0.25) is 0 Å². The van der Waals surface area contributed by atoms with Crippen molar-refractivity contribution in [3.8, 4) is 0 Å². The van der Waals surface area contributed by atoms with Crippen molar-refractivity contribution in [3.63, 3.8) is 0 Å². The molecule has 0 saturated carbocycles. The summed E-state index contributed by atoms with van der Waals surface area (Å²) in [6, 6.07) is 0. The van der Waals surface area contributed by atoms with E-state index in [1.807, 2.05) is 0 Å². The maximum absolute atomic E-state index is 9.91. The molecule has 0 radical (unpaired) electrons. The highest BCUT2D eigenvalue weighted by atomic mass is 16.4. The van der Waals surface area contributed by atoms with Crippen LogP contribution in [0.3, 0.4) is 0 Å². The van der Waals surface area contributed by atoms with Gasteiger partial charge in [-0.3, -0.25) is 0 Å². The highest BCUT2D eigenvalue weighted by Gasteiger charge is 2.30. The van der Waals surface area contributed by atoms with Crippen LogP contribution < -0.4 is 0 Å². The molecule has 0 heterocycles. The van der Waals surface area contributed by atoms with Crippen molar-refractivity contribution in [2.75, 3.05) is 20.2 Å². The van der Waals surface area contributed by atoms with Crippen LogP contribution in [0.25, 0.3) is 0 Å². The predicted molar refractivity (Wildman–Crippen MR) is 86.3 cm³/mol. The second-order valence-corrected chi connectivity index (χ2v) is 5.91. The number of rotatable bonds is 13. The Labute approximate surface area is 133 Å². The highest BCUT2D eigenvalue weighted by molar-refractivity contribution is 4.94. The second-order valence-electron chi connectivity index (χ2n) is 5.91. The van der Waals surface area contributed by atoms with E-state index >= 15 is 0 Å². The Morgan fingerprint density at radius 3 is 2.05 bits per heavy atom. The van der Waals surface area contributed by atoms with Gasteiger partial charge in [-0.15, -0.1) is 0 Å². The number of likely N-dealkylation sites (N-methyl/N-ethyl adjacent to an activating group) is 1. The molecule has 22 heavy (non-hydrogen) atoms. The van der Waals surface area contributed by atoms with E-state index in [0.29, 0.717) is 0 Å². The smallest absolute Gasteiger partial charge is 0.111 e. The third-order valence-electron chi connectivity index (χ3n) is 3.90. The topological polar surface area (TPSA) is 104 Å². The molecule has 0 aliphatic rings. The largest absolute Gasteiger partial charge is 0.394 e. The normalized spacial score (nSPS) is 16.9. The fourth-order valence-electron chi connectivity index (χ4n) is 2.20. The Hall–Kier alpha value is -0.660. The van der Waals surface area contributed by atoms with Crippen LogP contribution in [0.5, 0.6) is 0 Å². The number of unbranched alkanes of at least 4 members (excludes halogenated alkanes) is 4. The third-order valence-corrected chi connectivity index (χ3v) is 3.90. The lowest BCUT2D eigenvalue weighted by Crippen LogP contribution is -2.49. The zero-order valence-electron chi connectivity index (χ0n) is 13.9. The Bertz CT molecular complexity index is 300. The van der Waals surface area contributed by atoms with Crippen LogP contribution >= 0.6 is 0 Å². The van der Waals surface area contributed by atoms with Crippen LogP contribution in [-0.2, 0) is 0 Å². The molecule has 0 aliphatic heterocycles. The summed E-state index contributed by atoms with van der Waals surface area (Å²) in [5.74, 6) is 0. The van der Waals surface area contributed by atoms with Crippen LogP contribution in [-0.4, -0.2) is 75.0 Å². The van der Waals surface area contributed by atoms with E-state index in [4.69, 9.17) is 5.11 Å². The standard InChI is InChI=1S/C16H33NO5/c1-4-5-6-7-8-9-12(2)17(3)10-13(19)15(21)16(22)14(20)11-18/h13-16,18-22H,2,4-11H2,1,3H3. The van der Waals surface area contributed by atoms with Gasteiger partial charge in [0.2, 0.25) is 0 Å². The Morgan fingerprint density at radius 2 is 1.50 bits per heavy atom. The lowest BCUT2D eigenvalue weighted by atomic mass is 10.0. The van der Waals surface area contributed by atoms with E-state index in [1.54, 1.807) is 11.9 Å². The summed E-state index contributed by atoms with van der Waals surface area (Å²) in [4.78, 5) is 1.74. The fourth-order valence-corrected chi connectivity index (χ4v) is 2.20. The summed E-state index contributed by atoms with van der Waals surface area (Å²) in [5.41, 5.74) is 0.861. The first kappa shape index (κ1) is 21.3. The molecule has 4 unspecified atom stereocenters. The number of nitrogens with zero attached hydrogens (tertiary/aromatic N) is 1. The maximum Gasteiger partial charge on any atom is 0.111 e. The second kappa shape index (κ2) is 11.8. The van der Waals surface area contributed by atoms with Gasteiger partial charge in [-0.2, -0.15) is 0 Å². The number of hydrogen-bond donors (Lipinski definition) is 5. The van der Waals surface area contributed by atoms with E-state index in [2.05, 4.69) is 13.5 Å². The monoisotopic (exact) mass is 319 g/mol. The van der Waals surface area contributed by atoms with Gasteiger partial charge >= 0.3 is 0 Å². The van der Waals surface area contributed by atoms with Gasteiger partial charge < -0.3 is 30.4 Å². The summed E-state index contributed by atoms with van der Waals surface area (Å²) < 4.78 is 0. The molecule has 0 bridgehead atoms. The van der Waals surface area contributed by atoms with Crippen molar-refractivity contribution in [1.82, 2.24) is 4.90 Å². The Morgan fingerprint density at radius 1 is 0.955 bits per heavy atom. The molecule has 6 heteroatoms.